The predicted octanol–water partition coefficient (Wildman–Crippen LogP) is 3.71. The largest absolute Gasteiger partial charge is 0.381 e. The Morgan fingerprint density at radius 3 is 2.64 bits per heavy atom. The van der Waals surface area contributed by atoms with Gasteiger partial charge in [-0.1, -0.05) is 19.1 Å². The molecule has 7 heteroatoms. The Morgan fingerprint density at radius 1 is 1.25 bits per heavy atom. The van der Waals surface area contributed by atoms with Crippen LogP contribution < -0.4 is 4.90 Å². The van der Waals surface area contributed by atoms with Gasteiger partial charge in [0, 0.05) is 31.0 Å². The van der Waals surface area contributed by atoms with Crippen molar-refractivity contribution in [1.29, 1.82) is 0 Å². The van der Waals surface area contributed by atoms with Crippen LogP contribution in [-0.4, -0.2) is 43.6 Å². The highest BCUT2D eigenvalue weighted by molar-refractivity contribution is 7.92. The van der Waals surface area contributed by atoms with Crippen molar-refractivity contribution in [2.75, 3.05) is 24.7 Å². The average molecular weight is 402 g/mol. The Morgan fingerprint density at radius 2 is 2.00 bits per heavy atom. The van der Waals surface area contributed by atoms with Gasteiger partial charge in [0.25, 0.3) is 0 Å². The minimum absolute atomic E-state index is 0.357. The Bertz CT molecular complexity index is 1020. The van der Waals surface area contributed by atoms with Crippen LogP contribution >= 0.6 is 0 Å². The zero-order chi connectivity index (χ0) is 19.9. The molecular formula is C21H27N3O3S. The molecule has 0 unspecified atom stereocenters. The lowest BCUT2D eigenvalue weighted by molar-refractivity contribution is 0.0983. The molecule has 1 saturated heterocycles. The van der Waals surface area contributed by atoms with Gasteiger partial charge < -0.3 is 9.64 Å². The van der Waals surface area contributed by atoms with Gasteiger partial charge in [-0.3, -0.25) is 5.10 Å². The third-order valence-electron chi connectivity index (χ3n) is 5.86. The van der Waals surface area contributed by atoms with Crippen LogP contribution in [0, 0.1) is 13.8 Å². The van der Waals surface area contributed by atoms with Gasteiger partial charge in [0.15, 0.2) is 15.7 Å². The summed E-state index contributed by atoms with van der Waals surface area (Å²) in [6.07, 6.45) is 5.87. The molecule has 0 spiro atoms. The summed E-state index contributed by atoms with van der Waals surface area (Å²) < 4.78 is 32.1. The summed E-state index contributed by atoms with van der Waals surface area (Å²) in [7, 11) is -3.38. The summed E-state index contributed by atoms with van der Waals surface area (Å²) >= 11 is 0. The van der Waals surface area contributed by atoms with E-state index in [2.05, 4.69) is 28.1 Å². The van der Waals surface area contributed by atoms with Crippen LogP contribution in [-0.2, 0) is 21.0 Å². The first kappa shape index (κ1) is 19.2. The lowest BCUT2D eigenvalue weighted by atomic mass is 10.0. The van der Waals surface area contributed by atoms with Crippen LogP contribution in [0.5, 0.6) is 0 Å². The zero-order valence-electron chi connectivity index (χ0n) is 16.7. The molecule has 0 bridgehead atoms. The fourth-order valence-corrected chi connectivity index (χ4v) is 6.05. The van der Waals surface area contributed by atoms with E-state index in [4.69, 9.17) is 4.74 Å². The summed E-state index contributed by atoms with van der Waals surface area (Å²) in [4.78, 5) is 2.63. The van der Waals surface area contributed by atoms with E-state index in [1.54, 1.807) is 0 Å². The van der Waals surface area contributed by atoms with E-state index in [1.165, 1.54) is 0 Å². The standard InChI is InChI=1S/C21H27N3O3S/c1-4-16-12-19-17(6-5-9-24(19)21-14(2)15(3)22-23-21)13-20(16)28(25,26)18-7-10-27-11-8-18/h5-6,12-13,18H,4,7-11H2,1-3H3,(H,22,23). The average Bonchev–Trinajstić information content (AvgIpc) is 3.05. The third kappa shape index (κ3) is 3.16. The van der Waals surface area contributed by atoms with Crippen molar-refractivity contribution in [3.8, 4) is 0 Å². The van der Waals surface area contributed by atoms with E-state index in [-0.39, 0.29) is 5.25 Å². The number of anilines is 2. The van der Waals surface area contributed by atoms with Crippen molar-refractivity contribution in [3.05, 3.63) is 40.6 Å². The molecule has 0 radical (unpaired) electrons. The first-order chi connectivity index (χ1) is 13.4. The minimum atomic E-state index is -3.38. The number of aryl methyl sites for hydroxylation is 2. The molecule has 28 heavy (non-hydrogen) atoms. The van der Waals surface area contributed by atoms with E-state index in [0.717, 1.165) is 33.9 Å². The number of fused-ring (bicyclic) bond motifs is 1. The number of aromatic nitrogens is 2. The maximum atomic E-state index is 13.4. The van der Waals surface area contributed by atoms with Gasteiger partial charge in [-0.05, 0) is 56.4 Å². The number of rotatable bonds is 4. The Hall–Kier alpha value is -2.12. The van der Waals surface area contributed by atoms with Gasteiger partial charge in [0.05, 0.1) is 15.8 Å². The van der Waals surface area contributed by atoms with Crippen LogP contribution in [0.15, 0.2) is 23.1 Å². The summed E-state index contributed by atoms with van der Waals surface area (Å²) in [5, 5.41) is 7.16. The zero-order valence-corrected chi connectivity index (χ0v) is 17.5. The van der Waals surface area contributed by atoms with Gasteiger partial charge >= 0.3 is 0 Å². The molecule has 1 aromatic heterocycles. The van der Waals surface area contributed by atoms with Crippen molar-refractivity contribution >= 4 is 27.4 Å². The quantitative estimate of drug-likeness (QED) is 0.845. The molecule has 3 heterocycles. The second-order valence-corrected chi connectivity index (χ2v) is 9.74. The fraction of sp³-hybridized carbons (Fsp3) is 0.476. The Labute approximate surface area is 166 Å². The fourth-order valence-electron chi connectivity index (χ4n) is 4.02. The molecule has 150 valence electrons. The molecule has 0 saturated carbocycles. The maximum Gasteiger partial charge on any atom is 0.181 e. The molecule has 0 atom stereocenters. The first-order valence-electron chi connectivity index (χ1n) is 9.87. The molecule has 2 aliphatic heterocycles. The molecule has 2 aromatic rings. The molecule has 1 fully saturated rings. The topological polar surface area (TPSA) is 75.3 Å². The highest BCUT2D eigenvalue weighted by atomic mass is 32.2. The second-order valence-electron chi connectivity index (χ2n) is 7.54. The van der Waals surface area contributed by atoms with Gasteiger partial charge in [0.1, 0.15) is 0 Å². The van der Waals surface area contributed by atoms with Crippen molar-refractivity contribution in [2.45, 2.75) is 50.2 Å². The van der Waals surface area contributed by atoms with E-state index < -0.39 is 9.84 Å². The maximum absolute atomic E-state index is 13.4. The van der Waals surface area contributed by atoms with Crippen LogP contribution in [0.1, 0.15) is 42.1 Å². The molecular weight excluding hydrogens is 374 g/mol. The van der Waals surface area contributed by atoms with E-state index >= 15 is 0 Å². The van der Waals surface area contributed by atoms with Gasteiger partial charge in [0.2, 0.25) is 0 Å². The monoisotopic (exact) mass is 401 g/mol. The number of nitrogens with zero attached hydrogens (tertiary/aromatic N) is 2. The van der Waals surface area contributed by atoms with E-state index in [0.29, 0.717) is 43.9 Å². The number of H-pyrrole nitrogens is 1. The van der Waals surface area contributed by atoms with Crippen molar-refractivity contribution in [1.82, 2.24) is 10.2 Å². The highest BCUT2D eigenvalue weighted by Crippen LogP contribution is 2.38. The van der Waals surface area contributed by atoms with Crippen molar-refractivity contribution in [3.63, 3.8) is 0 Å². The Balaban J connectivity index is 1.81. The predicted molar refractivity (Wildman–Crippen MR) is 111 cm³/mol. The molecule has 0 amide bonds. The van der Waals surface area contributed by atoms with Gasteiger partial charge in [-0.15, -0.1) is 0 Å². The van der Waals surface area contributed by atoms with E-state index in [9.17, 15) is 8.42 Å². The van der Waals surface area contributed by atoms with Gasteiger partial charge in [-0.25, -0.2) is 8.42 Å². The molecule has 1 aromatic carbocycles. The van der Waals surface area contributed by atoms with Crippen molar-refractivity contribution in [2.24, 2.45) is 0 Å². The summed E-state index contributed by atoms with van der Waals surface area (Å²) in [6, 6.07) is 3.89. The minimum Gasteiger partial charge on any atom is -0.381 e. The van der Waals surface area contributed by atoms with Crippen LogP contribution in [0.25, 0.3) is 6.08 Å². The number of benzene rings is 1. The molecule has 4 rings (SSSR count). The number of ether oxygens (including phenoxy) is 1. The van der Waals surface area contributed by atoms with Crippen LogP contribution in [0.2, 0.25) is 0 Å². The lowest BCUT2D eigenvalue weighted by Crippen LogP contribution is -2.30. The summed E-state index contributed by atoms with van der Waals surface area (Å²) in [5.41, 5.74) is 4.96. The van der Waals surface area contributed by atoms with Crippen molar-refractivity contribution < 1.29 is 13.2 Å². The van der Waals surface area contributed by atoms with E-state index in [1.807, 2.05) is 32.1 Å². The van der Waals surface area contributed by atoms with Crippen LogP contribution in [0.4, 0.5) is 11.5 Å². The summed E-state index contributed by atoms with van der Waals surface area (Å²) in [5.74, 6) is 0.894. The third-order valence-corrected chi connectivity index (χ3v) is 8.21. The van der Waals surface area contributed by atoms with Crippen LogP contribution in [0.3, 0.4) is 0 Å². The SMILES string of the molecule is CCc1cc2c(cc1S(=O)(=O)C1CCOCC1)C=CCN2c1n[nH]c(C)c1C. The molecule has 2 aliphatic rings. The number of hydrogen-bond donors (Lipinski definition) is 1. The lowest BCUT2D eigenvalue weighted by Gasteiger charge is -2.29. The number of hydrogen-bond acceptors (Lipinski definition) is 5. The number of nitrogens with one attached hydrogen (secondary N) is 1. The number of sulfone groups is 1. The second kappa shape index (κ2) is 7.37. The summed E-state index contributed by atoms with van der Waals surface area (Å²) in [6.45, 7) is 7.82. The highest BCUT2D eigenvalue weighted by Gasteiger charge is 2.32. The smallest absolute Gasteiger partial charge is 0.181 e. The molecule has 1 N–H and O–H groups in total. The van der Waals surface area contributed by atoms with Gasteiger partial charge in [-0.2, -0.15) is 5.10 Å². The molecule has 6 nitrogen and oxygen atoms in total. The Kier molecular flexibility index (Phi) is 5.05. The first-order valence-corrected chi connectivity index (χ1v) is 11.4. The molecule has 0 aliphatic carbocycles. The number of aromatic amines is 1. The normalized spacial score (nSPS) is 17.8.